The molecule has 0 fully saturated rings. The number of rotatable bonds is 7. The molecule has 0 heterocycles. The lowest BCUT2D eigenvalue weighted by Crippen LogP contribution is -2.37. The maximum Gasteiger partial charge on any atom is 0.0101 e. The van der Waals surface area contributed by atoms with Crippen LogP contribution in [0.15, 0.2) is 0 Å². The Labute approximate surface area is 83.7 Å². The third-order valence-electron chi connectivity index (χ3n) is 2.78. The Morgan fingerprint density at radius 2 is 1.69 bits per heavy atom. The fourth-order valence-electron chi connectivity index (χ4n) is 1.68. The largest absolute Gasteiger partial charge is 0.313 e. The molecule has 0 rings (SSSR count). The summed E-state index contributed by atoms with van der Waals surface area (Å²) in [6.07, 6.45) is 2.57. The Hall–Kier alpha value is -0.0800. The van der Waals surface area contributed by atoms with Gasteiger partial charge in [0.25, 0.3) is 0 Å². The predicted molar refractivity (Wildman–Crippen MR) is 60.1 cm³/mol. The fraction of sp³-hybridized carbons (Fsp3) is 1.00. The standard InChI is InChI=1S/C11H26N2/c1-6-11(7-2)10(3)12-8-9-13(4)5/h10-12H,6-9H2,1-5H3. The summed E-state index contributed by atoms with van der Waals surface area (Å²) >= 11 is 0. The number of likely N-dealkylation sites (N-methyl/N-ethyl adjacent to an activating group) is 1. The Morgan fingerprint density at radius 1 is 1.15 bits per heavy atom. The number of hydrogen-bond acceptors (Lipinski definition) is 2. The molecule has 0 aliphatic carbocycles. The van der Waals surface area contributed by atoms with Gasteiger partial charge in [-0.3, -0.25) is 0 Å². The maximum absolute atomic E-state index is 3.57. The van der Waals surface area contributed by atoms with Crippen molar-refractivity contribution in [1.82, 2.24) is 10.2 Å². The number of hydrogen-bond donors (Lipinski definition) is 1. The summed E-state index contributed by atoms with van der Waals surface area (Å²) in [5.74, 6) is 0.835. The average Bonchev–Trinajstić information content (AvgIpc) is 2.05. The summed E-state index contributed by atoms with van der Waals surface area (Å²) in [5, 5.41) is 3.57. The van der Waals surface area contributed by atoms with Crippen molar-refractivity contribution in [2.75, 3.05) is 27.2 Å². The molecular formula is C11H26N2. The highest BCUT2D eigenvalue weighted by atomic mass is 15.1. The molecule has 0 aromatic heterocycles. The molecule has 0 aromatic rings. The highest BCUT2D eigenvalue weighted by molar-refractivity contribution is 4.70. The minimum absolute atomic E-state index is 0.662. The summed E-state index contributed by atoms with van der Waals surface area (Å²) in [6, 6.07) is 0.662. The zero-order valence-corrected chi connectivity index (χ0v) is 9.93. The molecule has 0 bridgehead atoms. The van der Waals surface area contributed by atoms with Gasteiger partial charge in [0.1, 0.15) is 0 Å². The van der Waals surface area contributed by atoms with Crippen molar-refractivity contribution in [3.63, 3.8) is 0 Å². The van der Waals surface area contributed by atoms with Gasteiger partial charge in [0.15, 0.2) is 0 Å². The van der Waals surface area contributed by atoms with Gasteiger partial charge in [0, 0.05) is 19.1 Å². The van der Waals surface area contributed by atoms with E-state index in [1.54, 1.807) is 0 Å². The topological polar surface area (TPSA) is 15.3 Å². The second-order valence-corrected chi connectivity index (χ2v) is 4.12. The lowest BCUT2D eigenvalue weighted by molar-refractivity contribution is 0.328. The first kappa shape index (κ1) is 12.9. The Morgan fingerprint density at radius 3 is 2.08 bits per heavy atom. The zero-order valence-electron chi connectivity index (χ0n) is 9.93. The Balaban J connectivity index is 3.53. The van der Waals surface area contributed by atoms with Crippen LogP contribution in [-0.2, 0) is 0 Å². The van der Waals surface area contributed by atoms with E-state index in [0.717, 1.165) is 19.0 Å². The van der Waals surface area contributed by atoms with Crippen LogP contribution in [-0.4, -0.2) is 38.1 Å². The van der Waals surface area contributed by atoms with E-state index in [1.807, 2.05) is 0 Å². The summed E-state index contributed by atoms with van der Waals surface area (Å²) in [5.41, 5.74) is 0. The van der Waals surface area contributed by atoms with Crippen LogP contribution in [0, 0.1) is 5.92 Å². The van der Waals surface area contributed by atoms with Gasteiger partial charge < -0.3 is 10.2 Å². The quantitative estimate of drug-likeness (QED) is 0.654. The van der Waals surface area contributed by atoms with E-state index in [-0.39, 0.29) is 0 Å². The number of nitrogens with zero attached hydrogens (tertiary/aromatic N) is 1. The molecule has 0 saturated heterocycles. The van der Waals surface area contributed by atoms with Crippen LogP contribution in [0.4, 0.5) is 0 Å². The second kappa shape index (κ2) is 7.34. The molecule has 2 nitrogen and oxygen atoms in total. The van der Waals surface area contributed by atoms with E-state index in [9.17, 15) is 0 Å². The molecule has 1 atom stereocenters. The first-order valence-electron chi connectivity index (χ1n) is 5.49. The summed E-state index contributed by atoms with van der Waals surface area (Å²) < 4.78 is 0. The smallest absolute Gasteiger partial charge is 0.0101 e. The van der Waals surface area contributed by atoms with Crippen LogP contribution in [0.3, 0.4) is 0 Å². The van der Waals surface area contributed by atoms with Gasteiger partial charge in [-0.1, -0.05) is 26.7 Å². The molecule has 13 heavy (non-hydrogen) atoms. The van der Waals surface area contributed by atoms with E-state index < -0.39 is 0 Å². The van der Waals surface area contributed by atoms with Crippen molar-refractivity contribution in [3.05, 3.63) is 0 Å². The van der Waals surface area contributed by atoms with Gasteiger partial charge in [0.05, 0.1) is 0 Å². The first-order valence-corrected chi connectivity index (χ1v) is 5.49. The molecule has 80 valence electrons. The van der Waals surface area contributed by atoms with Crippen LogP contribution >= 0.6 is 0 Å². The van der Waals surface area contributed by atoms with Crippen molar-refractivity contribution in [2.24, 2.45) is 5.92 Å². The van der Waals surface area contributed by atoms with Crippen LogP contribution in [0.1, 0.15) is 33.6 Å². The van der Waals surface area contributed by atoms with Crippen LogP contribution < -0.4 is 5.32 Å². The minimum atomic E-state index is 0.662. The Kier molecular flexibility index (Phi) is 7.29. The second-order valence-electron chi connectivity index (χ2n) is 4.12. The van der Waals surface area contributed by atoms with Crippen LogP contribution in [0.2, 0.25) is 0 Å². The molecular weight excluding hydrogens is 160 g/mol. The predicted octanol–water partition coefficient (Wildman–Crippen LogP) is 1.96. The van der Waals surface area contributed by atoms with Crippen molar-refractivity contribution in [3.8, 4) is 0 Å². The molecule has 0 aliphatic rings. The highest BCUT2D eigenvalue weighted by Gasteiger charge is 2.11. The van der Waals surface area contributed by atoms with E-state index in [2.05, 4.69) is 45.1 Å². The third-order valence-corrected chi connectivity index (χ3v) is 2.78. The normalized spacial score (nSPS) is 14.1. The SMILES string of the molecule is CCC(CC)C(C)NCCN(C)C. The molecule has 0 aliphatic heterocycles. The van der Waals surface area contributed by atoms with Crippen molar-refractivity contribution < 1.29 is 0 Å². The van der Waals surface area contributed by atoms with Gasteiger partial charge in [-0.05, 0) is 26.9 Å². The van der Waals surface area contributed by atoms with E-state index in [0.29, 0.717) is 6.04 Å². The first-order chi connectivity index (χ1) is 6.11. The van der Waals surface area contributed by atoms with Crippen LogP contribution in [0.5, 0.6) is 0 Å². The van der Waals surface area contributed by atoms with Gasteiger partial charge in [-0.2, -0.15) is 0 Å². The lowest BCUT2D eigenvalue weighted by atomic mass is 9.95. The van der Waals surface area contributed by atoms with E-state index in [4.69, 9.17) is 0 Å². The van der Waals surface area contributed by atoms with Gasteiger partial charge >= 0.3 is 0 Å². The van der Waals surface area contributed by atoms with E-state index in [1.165, 1.54) is 12.8 Å². The Bertz CT molecular complexity index is 109. The van der Waals surface area contributed by atoms with Crippen LogP contribution in [0.25, 0.3) is 0 Å². The maximum atomic E-state index is 3.57. The molecule has 0 spiro atoms. The van der Waals surface area contributed by atoms with Crippen molar-refractivity contribution in [2.45, 2.75) is 39.7 Å². The van der Waals surface area contributed by atoms with Crippen molar-refractivity contribution in [1.29, 1.82) is 0 Å². The van der Waals surface area contributed by atoms with Gasteiger partial charge in [0.2, 0.25) is 0 Å². The molecule has 0 amide bonds. The molecule has 0 aromatic carbocycles. The summed E-state index contributed by atoms with van der Waals surface area (Å²) in [4.78, 5) is 2.21. The summed E-state index contributed by atoms with van der Waals surface area (Å²) in [6.45, 7) is 9.08. The lowest BCUT2D eigenvalue weighted by Gasteiger charge is -2.23. The summed E-state index contributed by atoms with van der Waals surface area (Å²) in [7, 11) is 4.23. The fourth-order valence-corrected chi connectivity index (χ4v) is 1.68. The molecule has 2 heteroatoms. The van der Waals surface area contributed by atoms with Gasteiger partial charge in [-0.25, -0.2) is 0 Å². The molecule has 1 unspecified atom stereocenters. The zero-order chi connectivity index (χ0) is 10.3. The third kappa shape index (κ3) is 6.05. The number of nitrogens with one attached hydrogen (secondary N) is 1. The average molecular weight is 186 g/mol. The molecule has 0 radical (unpaired) electrons. The van der Waals surface area contributed by atoms with Crippen molar-refractivity contribution >= 4 is 0 Å². The minimum Gasteiger partial charge on any atom is -0.313 e. The molecule has 0 saturated carbocycles. The van der Waals surface area contributed by atoms with Gasteiger partial charge in [-0.15, -0.1) is 0 Å². The monoisotopic (exact) mass is 186 g/mol. The van der Waals surface area contributed by atoms with E-state index >= 15 is 0 Å². The highest BCUT2D eigenvalue weighted by Crippen LogP contribution is 2.11. The molecule has 1 N–H and O–H groups in total.